The first-order valence-corrected chi connectivity index (χ1v) is 8.18. The van der Waals surface area contributed by atoms with Crippen LogP contribution in [0.15, 0.2) is 54.6 Å². The van der Waals surface area contributed by atoms with E-state index in [0.29, 0.717) is 6.42 Å². The number of hydrogen-bond acceptors (Lipinski definition) is 3. The first-order valence-electron chi connectivity index (χ1n) is 8.18. The molecule has 4 heteroatoms. The van der Waals surface area contributed by atoms with Gasteiger partial charge in [0, 0.05) is 12.3 Å². The highest BCUT2D eigenvalue weighted by molar-refractivity contribution is 5.79. The molecule has 3 rings (SSSR count). The minimum Gasteiger partial charge on any atom is -0.394 e. The molecule has 0 saturated carbocycles. The maximum absolute atomic E-state index is 12.1. The SMILES string of the molecule is CCC(=O)N1[C@H](CO)[C@H](c2ccccc2-c2ccccc2)[C@@H]1C#N. The third-order valence-corrected chi connectivity index (χ3v) is 4.73. The van der Waals surface area contributed by atoms with Gasteiger partial charge in [0.25, 0.3) is 0 Å². The van der Waals surface area contributed by atoms with Crippen LogP contribution in [0.3, 0.4) is 0 Å². The van der Waals surface area contributed by atoms with Gasteiger partial charge in [-0.25, -0.2) is 0 Å². The van der Waals surface area contributed by atoms with Crippen LogP contribution < -0.4 is 0 Å². The summed E-state index contributed by atoms with van der Waals surface area (Å²) in [6.07, 6.45) is 0.335. The van der Waals surface area contributed by atoms with Gasteiger partial charge in [0.1, 0.15) is 6.04 Å². The van der Waals surface area contributed by atoms with Crippen LogP contribution in [-0.2, 0) is 4.79 Å². The topological polar surface area (TPSA) is 64.3 Å². The van der Waals surface area contributed by atoms with Crippen molar-refractivity contribution in [2.45, 2.75) is 31.3 Å². The molecule has 3 atom stereocenters. The van der Waals surface area contributed by atoms with Crippen LogP contribution >= 0.6 is 0 Å². The molecule has 0 aromatic heterocycles. The Morgan fingerprint density at radius 3 is 2.46 bits per heavy atom. The summed E-state index contributed by atoms with van der Waals surface area (Å²) < 4.78 is 0. The second-order valence-corrected chi connectivity index (χ2v) is 5.96. The van der Waals surface area contributed by atoms with Gasteiger partial charge in [0.05, 0.1) is 18.7 Å². The summed E-state index contributed by atoms with van der Waals surface area (Å²) in [5.74, 6) is -0.263. The Morgan fingerprint density at radius 2 is 1.83 bits per heavy atom. The summed E-state index contributed by atoms with van der Waals surface area (Å²) in [6.45, 7) is 1.63. The van der Waals surface area contributed by atoms with E-state index in [1.807, 2.05) is 54.6 Å². The van der Waals surface area contributed by atoms with E-state index in [9.17, 15) is 15.2 Å². The summed E-state index contributed by atoms with van der Waals surface area (Å²) in [7, 11) is 0. The van der Waals surface area contributed by atoms with E-state index in [2.05, 4.69) is 6.07 Å². The zero-order valence-corrected chi connectivity index (χ0v) is 13.6. The van der Waals surface area contributed by atoms with E-state index >= 15 is 0 Å². The average Bonchev–Trinajstić information content (AvgIpc) is 2.62. The third-order valence-electron chi connectivity index (χ3n) is 4.73. The molecule has 1 N–H and O–H groups in total. The average molecular weight is 320 g/mol. The molecule has 1 saturated heterocycles. The summed E-state index contributed by atoms with van der Waals surface area (Å²) in [5.41, 5.74) is 3.13. The van der Waals surface area contributed by atoms with Crippen molar-refractivity contribution < 1.29 is 9.90 Å². The highest BCUT2D eigenvalue weighted by atomic mass is 16.3. The third kappa shape index (κ3) is 2.57. The van der Waals surface area contributed by atoms with Crippen LogP contribution in [0.1, 0.15) is 24.8 Å². The van der Waals surface area contributed by atoms with E-state index in [0.717, 1.165) is 16.7 Å². The van der Waals surface area contributed by atoms with E-state index in [4.69, 9.17) is 0 Å². The fourth-order valence-electron chi connectivity index (χ4n) is 3.57. The monoisotopic (exact) mass is 320 g/mol. The van der Waals surface area contributed by atoms with Gasteiger partial charge >= 0.3 is 0 Å². The van der Waals surface area contributed by atoms with Crippen LogP contribution in [0.5, 0.6) is 0 Å². The van der Waals surface area contributed by atoms with Gasteiger partial charge in [0.15, 0.2) is 0 Å². The number of carbonyl (C=O) groups excluding carboxylic acids is 1. The Kier molecular flexibility index (Phi) is 4.64. The molecular formula is C20H20N2O2. The first kappa shape index (κ1) is 16.2. The minimum absolute atomic E-state index is 0.0888. The number of carbonyl (C=O) groups is 1. The van der Waals surface area contributed by atoms with Crippen molar-refractivity contribution in [2.75, 3.05) is 6.61 Å². The number of nitriles is 1. The minimum atomic E-state index is -0.528. The van der Waals surface area contributed by atoms with Crippen LogP contribution in [0.4, 0.5) is 0 Å². The van der Waals surface area contributed by atoms with Gasteiger partial charge in [-0.15, -0.1) is 0 Å². The highest BCUT2D eigenvalue weighted by Gasteiger charge is 2.51. The molecule has 122 valence electrons. The lowest BCUT2D eigenvalue weighted by atomic mass is 9.73. The predicted molar refractivity (Wildman–Crippen MR) is 92.0 cm³/mol. The molecule has 0 bridgehead atoms. The predicted octanol–water partition coefficient (Wildman–Crippen LogP) is 2.94. The zero-order chi connectivity index (χ0) is 17.1. The molecule has 1 heterocycles. The molecule has 0 spiro atoms. The maximum atomic E-state index is 12.1. The maximum Gasteiger partial charge on any atom is 0.223 e. The van der Waals surface area contributed by atoms with Crippen LogP contribution in [-0.4, -0.2) is 34.6 Å². The van der Waals surface area contributed by atoms with Crippen molar-refractivity contribution in [1.29, 1.82) is 5.26 Å². The van der Waals surface area contributed by atoms with Crippen molar-refractivity contribution in [3.05, 3.63) is 60.2 Å². The van der Waals surface area contributed by atoms with Crippen molar-refractivity contribution in [3.63, 3.8) is 0 Å². The Balaban J connectivity index is 2.03. The van der Waals surface area contributed by atoms with Gasteiger partial charge in [-0.2, -0.15) is 5.26 Å². The Labute approximate surface area is 142 Å². The highest BCUT2D eigenvalue weighted by Crippen LogP contribution is 2.44. The molecule has 1 aliphatic heterocycles. The van der Waals surface area contributed by atoms with E-state index in [1.54, 1.807) is 6.92 Å². The number of aliphatic hydroxyl groups is 1. The zero-order valence-electron chi connectivity index (χ0n) is 13.6. The van der Waals surface area contributed by atoms with Crippen molar-refractivity contribution in [3.8, 4) is 17.2 Å². The summed E-state index contributed by atoms with van der Waals surface area (Å²) in [6, 6.07) is 19.3. The van der Waals surface area contributed by atoms with Crippen molar-refractivity contribution in [1.82, 2.24) is 4.90 Å². The molecule has 0 radical (unpaired) electrons. The van der Waals surface area contributed by atoms with E-state index in [1.165, 1.54) is 4.90 Å². The first-order chi connectivity index (χ1) is 11.7. The number of benzene rings is 2. The summed E-state index contributed by atoms with van der Waals surface area (Å²) in [5, 5.41) is 19.4. The largest absolute Gasteiger partial charge is 0.394 e. The normalized spacial score (nSPS) is 22.5. The molecule has 4 nitrogen and oxygen atoms in total. The number of aliphatic hydroxyl groups excluding tert-OH is 1. The van der Waals surface area contributed by atoms with Crippen LogP contribution in [0, 0.1) is 11.3 Å². The Bertz CT molecular complexity index is 767. The Morgan fingerprint density at radius 1 is 1.17 bits per heavy atom. The standard InChI is InChI=1S/C20H20N2O2/c1-2-19(24)22-17(12-21)20(18(22)13-23)16-11-7-6-10-15(16)14-8-4-3-5-9-14/h3-11,17-18,20,23H,2,13H2,1H3/t17-,18+,20+/m0/s1. The molecule has 1 aliphatic rings. The molecule has 2 aromatic rings. The Hall–Kier alpha value is -2.64. The summed E-state index contributed by atoms with van der Waals surface area (Å²) in [4.78, 5) is 13.7. The molecule has 0 unspecified atom stereocenters. The number of rotatable bonds is 4. The van der Waals surface area contributed by atoms with Gasteiger partial charge in [-0.3, -0.25) is 4.79 Å². The van der Waals surface area contributed by atoms with Gasteiger partial charge in [0.2, 0.25) is 5.91 Å². The van der Waals surface area contributed by atoms with Gasteiger partial charge in [-0.05, 0) is 16.7 Å². The van der Waals surface area contributed by atoms with Crippen LogP contribution in [0.25, 0.3) is 11.1 Å². The summed E-state index contributed by atoms with van der Waals surface area (Å²) >= 11 is 0. The van der Waals surface area contributed by atoms with E-state index in [-0.39, 0.29) is 24.5 Å². The van der Waals surface area contributed by atoms with Crippen LogP contribution in [0.2, 0.25) is 0 Å². The van der Waals surface area contributed by atoms with Gasteiger partial charge < -0.3 is 10.0 Å². The number of nitrogens with zero attached hydrogens (tertiary/aromatic N) is 2. The van der Waals surface area contributed by atoms with Gasteiger partial charge in [-0.1, -0.05) is 61.5 Å². The second kappa shape index (κ2) is 6.86. The molecule has 0 aliphatic carbocycles. The molecule has 2 aromatic carbocycles. The lowest BCUT2D eigenvalue weighted by molar-refractivity contribution is -0.146. The molecule has 1 amide bonds. The number of amides is 1. The second-order valence-electron chi connectivity index (χ2n) is 5.96. The lowest BCUT2D eigenvalue weighted by Crippen LogP contribution is -2.65. The molecular weight excluding hydrogens is 300 g/mol. The fourth-order valence-corrected chi connectivity index (χ4v) is 3.57. The number of hydrogen-bond donors (Lipinski definition) is 1. The smallest absolute Gasteiger partial charge is 0.223 e. The van der Waals surface area contributed by atoms with Crippen molar-refractivity contribution >= 4 is 5.91 Å². The number of likely N-dealkylation sites (tertiary alicyclic amines) is 1. The molecule has 1 fully saturated rings. The van der Waals surface area contributed by atoms with E-state index < -0.39 is 6.04 Å². The molecule has 24 heavy (non-hydrogen) atoms. The van der Waals surface area contributed by atoms with Crippen molar-refractivity contribution in [2.24, 2.45) is 0 Å². The lowest BCUT2D eigenvalue weighted by Gasteiger charge is -2.52. The fraction of sp³-hybridized carbons (Fsp3) is 0.300. The quantitative estimate of drug-likeness (QED) is 0.942.